The number of allylic oxidation sites excluding steroid dienone is 4. The third-order valence-electron chi connectivity index (χ3n) is 2.90. The summed E-state index contributed by atoms with van der Waals surface area (Å²) >= 11 is -3.58. The third-order valence-corrected chi connectivity index (χ3v) is 9.83. The van der Waals surface area contributed by atoms with Gasteiger partial charge in [-0.2, -0.15) is 0 Å². The molecule has 2 N–H and O–H groups in total. The predicted octanol–water partition coefficient (Wildman–Crippen LogP) is 3.07. The first-order valence-electron chi connectivity index (χ1n) is 6.13. The van der Waals surface area contributed by atoms with Gasteiger partial charge < -0.3 is 0 Å². The summed E-state index contributed by atoms with van der Waals surface area (Å²) in [5, 5.41) is 11.1. The number of nitrogens with one attached hydrogen (secondary N) is 1. The van der Waals surface area contributed by atoms with E-state index in [-0.39, 0.29) is 37.0 Å². The molecule has 0 bridgehead atoms. The Bertz CT molecular complexity index is 413. The molecule has 1 rings (SSSR count). The molecular weight excluding hydrogens is 321 g/mol. The van der Waals surface area contributed by atoms with Crippen molar-refractivity contribution in [1.29, 1.82) is 0 Å². The van der Waals surface area contributed by atoms with Crippen molar-refractivity contribution in [3.63, 3.8) is 0 Å². The molecule has 0 saturated carbocycles. The summed E-state index contributed by atoms with van der Waals surface area (Å²) in [6.45, 7) is 6.74. The molecule has 0 saturated heterocycles. The van der Waals surface area contributed by atoms with Crippen molar-refractivity contribution < 1.29 is 23.9 Å². The van der Waals surface area contributed by atoms with Crippen LogP contribution in [0.25, 0.3) is 0 Å². The zero-order chi connectivity index (χ0) is 13.2. The van der Waals surface area contributed by atoms with Gasteiger partial charge in [-0.15, -0.1) is 24.8 Å². The van der Waals surface area contributed by atoms with E-state index in [1.165, 1.54) is 3.88 Å². The van der Waals surface area contributed by atoms with Gasteiger partial charge in [-0.05, 0) is 0 Å². The molecule has 0 amide bonds. The summed E-state index contributed by atoms with van der Waals surface area (Å²) in [4.78, 5) is 4.45. The van der Waals surface area contributed by atoms with Crippen LogP contribution in [-0.2, 0) is 18.8 Å². The van der Waals surface area contributed by atoms with Gasteiger partial charge >= 0.3 is 106 Å². The number of rotatable bonds is 5. The molecule has 0 unspecified atom stereocenters. The average molecular weight is 348 g/mol. The number of halogens is 2. The molecule has 0 aromatic rings. The Kier molecular flexibility index (Phi) is 8.62. The van der Waals surface area contributed by atoms with Crippen LogP contribution in [0, 0.1) is 0 Å². The van der Waals surface area contributed by atoms with Gasteiger partial charge in [-0.1, -0.05) is 0 Å². The second-order valence-electron chi connectivity index (χ2n) is 6.16. The van der Waals surface area contributed by atoms with Gasteiger partial charge in [-0.25, -0.2) is 0 Å². The number of hydrogen-bond donors (Lipinski definition) is 2. The molecule has 1 aliphatic rings. The molecule has 0 heterocycles. The van der Waals surface area contributed by atoms with Crippen LogP contribution < -0.4 is 3.80 Å². The Morgan fingerprint density at radius 1 is 1.42 bits per heavy atom. The first-order valence-corrected chi connectivity index (χ1v) is 11.0. The van der Waals surface area contributed by atoms with E-state index in [0.29, 0.717) is 6.61 Å². The molecule has 0 fully saturated rings. The van der Waals surface area contributed by atoms with Gasteiger partial charge in [0.25, 0.3) is 0 Å². The van der Waals surface area contributed by atoms with Crippen molar-refractivity contribution in [3.05, 3.63) is 22.1 Å². The molecule has 114 valence electrons. The van der Waals surface area contributed by atoms with Crippen molar-refractivity contribution >= 4 is 29.6 Å². The van der Waals surface area contributed by atoms with Crippen LogP contribution in [0.4, 0.5) is 0 Å². The molecule has 1 aliphatic carbocycles. The monoisotopic (exact) mass is 347 g/mol. The predicted molar refractivity (Wildman–Crippen MR) is 85.2 cm³/mol. The summed E-state index contributed by atoms with van der Waals surface area (Å²) in [5.41, 5.74) is -0.0490. The zero-order valence-electron chi connectivity index (χ0n) is 12.2. The van der Waals surface area contributed by atoms with Crippen LogP contribution in [-0.4, -0.2) is 28.7 Å². The van der Waals surface area contributed by atoms with Crippen molar-refractivity contribution in [2.75, 3.05) is 13.2 Å². The van der Waals surface area contributed by atoms with Crippen LogP contribution in [0.3, 0.4) is 0 Å². The summed E-state index contributed by atoms with van der Waals surface area (Å²) < 4.78 is 10.9. The second-order valence-corrected chi connectivity index (χ2v) is 13.9. The minimum atomic E-state index is -3.58. The Morgan fingerprint density at radius 3 is 2.37 bits per heavy atom. The van der Waals surface area contributed by atoms with E-state index in [1.54, 1.807) is 0 Å². The number of aliphatic hydroxyl groups excluding tert-OH is 1. The topological polar surface area (TPSA) is 41.5 Å². The van der Waals surface area contributed by atoms with Gasteiger partial charge in [0.2, 0.25) is 0 Å². The number of aliphatic hydroxyl groups is 1. The molecule has 0 spiro atoms. The molecule has 6 heteroatoms. The molecule has 0 atom stereocenters. The van der Waals surface area contributed by atoms with Crippen LogP contribution in [0.5, 0.6) is 0 Å². The molecule has 0 aliphatic heterocycles. The van der Waals surface area contributed by atoms with Crippen LogP contribution >= 0.6 is 24.8 Å². The SMILES string of the molecule is Cl.Cl.[CH2]=[Ti]([CH3])([NH]C(C)(C)C)([O]CCO)[C]1=CC=CC1. The fourth-order valence-corrected chi connectivity index (χ4v) is 9.01. The standard InChI is InChI=1S/C5H5.C4H10N.C2H5O2.CH3.CH2.2ClH.Ti/c1-2-4-5-3-1;1-4(2,3)5;3-1-2-4;;;;;/h1-3H,4H2;5H,1-3H3;3H,1-2H2;1H3;1H2;2*1H;/q;2*-1;;;;;+2. The first-order chi connectivity index (χ1) is 7.66. The van der Waals surface area contributed by atoms with E-state index in [9.17, 15) is 0 Å². The summed E-state index contributed by atoms with van der Waals surface area (Å²) in [5.74, 6) is 0. The third kappa shape index (κ3) is 6.22. The number of hydrogen-bond acceptors (Lipinski definition) is 3. The Morgan fingerprint density at radius 2 is 2.00 bits per heavy atom. The second kappa shape index (κ2) is 7.51. The van der Waals surface area contributed by atoms with E-state index >= 15 is 0 Å². The summed E-state index contributed by atoms with van der Waals surface area (Å²) in [6.07, 6.45) is 7.20. The zero-order valence-corrected chi connectivity index (χ0v) is 15.4. The van der Waals surface area contributed by atoms with Gasteiger partial charge in [-0.3, -0.25) is 0 Å². The Hall–Kier alpha value is 0.524. The van der Waals surface area contributed by atoms with E-state index in [2.05, 4.69) is 52.8 Å². The molecule has 19 heavy (non-hydrogen) atoms. The summed E-state index contributed by atoms with van der Waals surface area (Å²) in [6, 6.07) is 0. The maximum absolute atomic E-state index is 9.00. The molecule has 3 nitrogen and oxygen atoms in total. The molecule has 0 aromatic heterocycles. The van der Waals surface area contributed by atoms with Crippen molar-refractivity contribution in [2.24, 2.45) is 0 Å². The van der Waals surface area contributed by atoms with Gasteiger partial charge in [0.05, 0.1) is 0 Å². The normalized spacial score (nSPS) is 15.6. The fraction of sp³-hybridized carbons (Fsp3) is 0.615. The molecule has 0 radical (unpaired) electrons. The van der Waals surface area contributed by atoms with Gasteiger partial charge in [0, 0.05) is 0 Å². The van der Waals surface area contributed by atoms with E-state index < -0.39 is 15.5 Å². The molecule has 0 aromatic carbocycles. The van der Waals surface area contributed by atoms with Crippen LogP contribution in [0.15, 0.2) is 22.1 Å². The fourth-order valence-electron chi connectivity index (χ4n) is 2.44. The quantitative estimate of drug-likeness (QED) is 0.751. The van der Waals surface area contributed by atoms with Crippen molar-refractivity contribution in [2.45, 2.75) is 38.0 Å². The van der Waals surface area contributed by atoms with E-state index in [0.717, 1.165) is 6.42 Å². The summed E-state index contributed by atoms with van der Waals surface area (Å²) in [7, 11) is 0. The minimum absolute atomic E-state index is 0. The van der Waals surface area contributed by atoms with Gasteiger partial charge in [0.15, 0.2) is 0 Å². The Labute approximate surface area is 130 Å². The van der Waals surface area contributed by atoms with E-state index in [1.807, 2.05) is 0 Å². The average Bonchev–Trinajstić information content (AvgIpc) is 2.65. The first kappa shape index (κ1) is 21.8. The van der Waals surface area contributed by atoms with Crippen molar-refractivity contribution in [3.8, 4) is 0 Å². The van der Waals surface area contributed by atoms with E-state index in [4.69, 9.17) is 8.42 Å². The van der Waals surface area contributed by atoms with Crippen molar-refractivity contribution in [1.82, 2.24) is 3.80 Å². The van der Waals surface area contributed by atoms with Crippen LogP contribution in [0.2, 0.25) is 5.23 Å². The maximum atomic E-state index is 9.00. The van der Waals surface area contributed by atoms with Crippen LogP contribution in [0.1, 0.15) is 27.2 Å². The molecular formula is C13H27Cl2NO2Ti. The van der Waals surface area contributed by atoms with Gasteiger partial charge in [0.1, 0.15) is 0 Å². The Balaban J connectivity index is 0.